The van der Waals surface area contributed by atoms with Gasteiger partial charge in [-0.1, -0.05) is 19.3 Å². The predicted molar refractivity (Wildman–Crippen MR) is 66.3 cm³/mol. The van der Waals surface area contributed by atoms with Crippen LogP contribution in [0.4, 0.5) is 0 Å². The van der Waals surface area contributed by atoms with Gasteiger partial charge in [0.25, 0.3) is 0 Å². The van der Waals surface area contributed by atoms with Gasteiger partial charge in [-0.05, 0) is 25.7 Å². The molecule has 0 bridgehead atoms. The van der Waals surface area contributed by atoms with Gasteiger partial charge >= 0.3 is 0 Å². The first-order chi connectivity index (χ1) is 7.86. The molecule has 1 heterocycles. The van der Waals surface area contributed by atoms with Crippen LogP contribution in [-0.2, 0) is 6.42 Å². The molecule has 0 spiro atoms. The molecule has 1 unspecified atom stereocenters. The monoisotopic (exact) mass is 221 g/mol. The Morgan fingerprint density at radius 3 is 2.94 bits per heavy atom. The highest BCUT2D eigenvalue weighted by atomic mass is 14.9. The van der Waals surface area contributed by atoms with Crippen LogP contribution in [-0.4, -0.2) is 22.6 Å². The first kappa shape index (κ1) is 11.6. The van der Waals surface area contributed by atoms with Gasteiger partial charge in [-0.15, -0.1) is 0 Å². The Kier molecular flexibility index (Phi) is 4.40. The highest BCUT2D eigenvalue weighted by Crippen LogP contribution is 2.26. The molecule has 3 nitrogen and oxygen atoms in total. The summed E-state index contributed by atoms with van der Waals surface area (Å²) in [5.74, 6) is 1.98. The number of aromatic nitrogens is 2. The molecule has 0 amide bonds. The van der Waals surface area contributed by atoms with Crippen molar-refractivity contribution in [3.05, 3.63) is 18.2 Å². The van der Waals surface area contributed by atoms with Crippen molar-refractivity contribution >= 4 is 0 Å². The van der Waals surface area contributed by atoms with Gasteiger partial charge in [0.05, 0.1) is 0 Å². The third-order valence-corrected chi connectivity index (χ3v) is 3.74. The number of hydrogen-bond donors (Lipinski definition) is 2. The second-order valence-electron chi connectivity index (χ2n) is 4.93. The summed E-state index contributed by atoms with van der Waals surface area (Å²) in [5, 5.41) is 3.63. The Hall–Kier alpha value is -0.830. The van der Waals surface area contributed by atoms with Crippen LogP contribution in [0, 0.1) is 5.92 Å². The van der Waals surface area contributed by atoms with E-state index < -0.39 is 0 Å². The first-order valence-corrected chi connectivity index (χ1v) is 6.58. The molecule has 0 radical (unpaired) electrons. The maximum atomic E-state index is 4.23. The third-order valence-electron chi connectivity index (χ3n) is 3.74. The van der Waals surface area contributed by atoms with E-state index in [1.54, 1.807) is 0 Å². The molecule has 1 aromatic rings. The molecule has 1 aliphatic carbocycles. The van der Waals surface area contributed by atoms with Crippen LogP contribution in [0.5, 0.6) is 0 Å². The molecule has 3 heteroatoms. The van der Waals surface area contributed by atoms with Crippen molar-refractivity contribution in [2.45, 2.75) is 51.5 Å². The fourth-order valence-electron chi connectivity index (χ4n) is 2.65. The number of nitrogens with one attached hydrogen (secondary N) is 2. The van der Waals surface area contributed by atoms with Gasteiger partial charge in [0.2, 0.25) is 0 Å². The Morgan fingerprint density at radius 2 is 2.25 bits per heavy atom. The van der Waals surface area contributed by atoms with Crippen LogP contribution in [0.2, 0.25) is 0 Å². The molecule has 1 aliphatic rings. The van der Waals surface area contributed by atoms with E-state index in [1.807, 2.05) is 12.4 Å². The van der Waals surface area contributed by atoms with E-state index in [2.05, 4.69) is 22.2 Å². The number of nitrogens with zero attached hydrogens (tertiary/aromatic N) is 1. The molecule has 0 aliphatic heterocycles. The van der Waals surface area contributed by atoms with E-state index in [1.165, 1.54) is 32.1 Å². The number of hydrogen-bond acceptors (Lipinski definition) is 2. The standard InChI is InChI=1S/C13H23N3/c1-11(12-5-3-2-4-6-12)14-8-7-13-15-9-10-16-13/h9-12,14H,2-8H2,1H3,(H,15,16). The second kappa shape index (κ2) is 6.04. The fraction of sp³-hybridized carbons (Fsp3) is 0.769. The molecule has 90 valence electrons. The van der Waals surface area contributed by atoms with E-state index >= 15 is 0 Å². The molecule has 16 heavy (non-hydrogen) atoms. The zero-order valence-corrected chi connectivity index (χ0v) is 10.2. The lowest BCUT2D eigenvalue weighted by Gasteiger charge is -2.28. The van der Waals surface area contributed by atoms with Gasteiger partial charge in [-0.25, -0.2) is 4.98 Å². The van der Waals surface area contributed by atoms with E-state index in [0.717, 1.165) is 24.7 Å². The van der Waals surface area contributed by atoms with Crippen LogP contribution < -0.4 is 5.32 Å². The third kappa shape index (κ3) is 3.34. The molecular weight excluding hydrogens is 198 g/mol. The van der Waals surface area contributed by atoms with Crippen LogP contribution in [0.25, 0.3) is 0 Å². The molecule has 0 aromatic carbocycles. The molecule has 1 saturated carbocycles. The summed E-state index contributed by atoms with van der Waals surface area (Å²) >= 11 is 0. The van der Waals surface area contributed by atoms with Gasteiger partial charge < -0.3 is 10.3 Å². The minimum absolute atomic E-state index is 0.662. The van der Waals surface area contributed by atoms with E-state index in [-0.39, 0.29) is 0 Å². The molecular formula is C13H23N3. The topological polar surface area (TPSA) is 40.7 Å². The molecule has 1 aromatic heterocycles. The predicted octanol–water partition coefficient (Wildman–Crippen LogP) is 2.51. The molecule has 2 rings (SSSR count). The van der Waals surface area contributed by atoms with Crippen molar-refractivity contribution in [2.24, 2.45) is 5.92 Å². The summed E-state index contributed by atoms with van der Waals surface area (Å²) in [6, 6.07) is 0.662. The molecule has 1 atom stereocenters. The van der Waals surface area contributed by atoms with Crippen molar-refractivity contribution in [2.75, 3.05) is 6.54 Å². The largest absolute Gasteiger partial charge is 0.349 e. The van der Waals surface area contributed by atoms with Crippen molar-refractivity contribution in [3.8, 4) is 0 Å². The van der Waals surface area contributed by atoms with Crippen molar-refractivity contribution < 1.29 is 0 Å². The fourth-order valence-corrected chi connectivity index (χ4v) is 2.65. The van der Waals surface area contributed by atoms with E-state index in [9.17, 15) is 0 Å². The normalized spacial score (nSPS) is 19.8. The SMILES string of the molecule is CC(NCCc1ncc[nH]1)C1CCCCC1. The maximum Gasteiger partial charge on any atom is 0.107 e. The Labute approximate surface area is 98.1 Å². The smallest absolute Gasteiger partial charge is 0.107 e. The van der Waals surface area contributed by atoms with Crippen LogP contribution in [0.1, 0.15) is 44.9 Å². The van der Waals surface area contributed by atoms with Crippen molar-refractivity contribution in [1.29, 1.82) is 0 Å². The lowest BCUT2D eigenvalue weighted by Crippen LogP contribution is -2.35. The minimum Gasteiger partial charge on any atom is -0.349 e. The van der Waals surface area contributed by atoms with Gasteiger partial charge in [0, 0.05) is 31.4 Å². The summed E-state index contributed by atoms with van der Waals surface area (Å²) in [7, 11) is 0. The summed E-state index contributed by atoms with van der Waals surface area (Å²) in [6.07, 6.45) is 11.8. The summed E-state index contributed by atoms with van der Waals surface area (Å²) in [6.45, 7) is 3.36. The first-order valence-electron chi connectivity index (χ1n) is 6.58. The summed E-state index contributed by atoms with van der Waals surface area (Å²) in [5.41, 5.74) is 0. The molecule has 2 N–H and O–H groups in total. The Balaban J connectivity index is 1.65. The highest BCUT2D eigenvalue weighted by Gasteiger charge is 2.19. The number of rotatable bonds is 5. The molecule has 0 saturated heterocycles. The van der Waals surface area contributed by atoms with Gasteiger partial charge in [0.1, 0.15) is 5.82 Å². The lowest BCUT2D eigenvalue weighted by molar-refractivity contribution is 0.282. The van der Waals surface area contributed by atoms with E-state index in [0.29, 0.717) is 6.04 Å². The van der Waals surface area contributed by atoms with E-state index in [4.69, 9.17) is 0 Å². The van der Waals surface area contributed by atoms with Crippen molar-refractivity contribution in [3.63, 3.8) is 0 Å². The van der Waals surface area contributed by atoms with Gasteiger partial charge in [-0.2, -0.15) is 0 Å². The van der Waals surface area contributed by atoms with Crippen molar-refractivity contribution in [1.82, 2.24) is 15.3 Å². The summed E-state index contributed by atoms with van der Waals surface area (Å²) in [4.78, 5) is 7.37. The average molecular weight is 221 g/mol. The zero-order valence-electron chi connectivity index (χ0n) is 10.2. The number of H-pyrrole nitrogens is 1. The number of imidazole rings is 1. The Bertz CT molecular complexity index is 275. The Morgan fingerprint density at radius 1 is 1.44 bits per heavy atom. The molecule has 1 fully saturated rings. The zero-order chi connectivity index (χ0) is 11.2. The van der Waals surface area contributed by atoms with Gasteiger partial charge in [-0.3, -0.25) is 0 Å². The summed E-state index contributed by atoms with van der Waals surface area (Å²) < 4.78 is 0. The van der Waals surface area contributed by atoms with Crippen LogP contribution >= 0.6 is 0 Å². The van der Waals surface area contributed by atoms with Crippen LogP contribution in [0.15, 0.2) is 12.4 Å². The quantitative estimate of drug-likeness (QED) is 0.802. The average Bonchev–Trinajstić information content (AvgIpc) is 2.83. The van der Waals surface area contributed by atoms with Crippen LogP contribution in [0.3, 0.4) is 0 Å². The lowest BCUT2D eigenvalue weighted by atomic mass is 9.84. The minimum atomic E-state index is 0.662. The second-order valence-corrected chi connectivity index (χ2v) is 4.93. The highest BCUT2D eigenvalue weighted by molar-refractivity contribution is 4.88. The van der Waals surface area contributed by atoms with Gasteiger partial charge in [0.15, 0.2) is 0 Å². The number of aromatic amines is 1. The maximum absolute atomic E-state index is 4.23.